The van der Waals surface area contributed by atoms with Crippen LogP contribution >= 0.6 is 11.6 Å². The first-order valence-corrected chi connectivity index (χ1v) is 6.75. The molecule has 0 spiro atoms. The Balaban J connectivity index is 2.37. The second-order valence-corrected chi connectivity index (χ2v) is 5.52. The van der Waals surface area contributed by atoms with Crippen LogP contribution < -0.4 is 4.72 Å². The molecule has 0 atom stereocenters. The maximum atomic E-state index is 12.0. The molecule has 19 heavy (non-hydrogen) atoms. The van der Waals surface area contributed by atoms with Gasteiger partial charge in [-0.3, -0.25) is 0 Å². The lowest BCUT2D eigenvalue weighted by molar-refractivity contribution is 0.600. The fraction of sp³-hybridized carbons (Fsp3) is 0.111. The van der Waals surface area contributed by atoms with Crippen molar-refractivity contribution in [3.05, 3.63) is 28.8 Å². The van der Waals surface area contributed by atoms with E-state index in [-0.39, 0.29) is 21.4 Å². The Morgan fingerprint density at radius 1 is 1.47 bits per heavy atom. The van der Waals surface area contributed by atoms with E-state index in [0.29, 0.717) is 0 Å². The van der Waals surface area contributed by atoms with E-state index in [4.69, 9.17) is 16.9 Å². The molecule has 1 heterocycles. The zero-order valence-electron chi connectivity index (χ0n) is 9.57. The maximum Gasteiger partial charge on any atom is 0.277 e. The number of hydrogen-bond acceptors (Lipinski definition) is 6. The zero-order chi connectivity index (χ0) is 14.0. The first kappa shape index (κ1) is 13.3. The van der Waals surface area contributed by atoms with Gasteiger partial charge in [-0.25, -0.2) is 13.1 Å². The van der Waals surface area contributed by atoms with Gasteiger partial charge in [0.15, 0.2) is 0 Å². The normalized spacial score (nSPS) is 11.0. The van der Waals surface area contributed by atoms with Gasteiger partial charge in [-0.15, -0.1) is 5.10 Å². The first-order chi connectivity index (χ1) is 8.92. The molecule has 0 saturated carbocycles. The molecule has 0 aliphatic heterocycles. The molecule has 0 fully saturated rings. The molecule has 0 saturated heterocycles. The van der Waals surface area contributed by atoms with Crippen molar-refractivity contribution in [2.24, 2.45) is 7.05 Å². The second kappa shape index (κ2) is 4.83. The molecule has 0 radical (unpaired) electrons. The van der Waals surface area contributed by atoms with Crippen LogP contribution in [0.2, 0.25) is 5.02 Å². The standard InChI is InChI=1S/C9H7ClN6O2S/c1-16-13-9(12-15-16)14-19(17,18)8-3-2-6(5-11)4-7(8)10/h2-4H,1H3,(H,13,14). The smallest absolute Gasteiger partial charge is 0.244 e. The molecular weight excluding hydrogens is 292 g/mol. The van der Waals surface area contributed by atoms with Crippen molar-refractivity contribution in [1.82, 2.24) is 20.2 Å². The number of anilines is 1. The van der Waals surface area contributed by atoms with Gasteiger partial charge in [-0.05, 0) is 23.4 Å². The molecule has 0 unspecified atom stereocenters. The summed E-state index contributed by atoms with van der Waals surface area (Å²) < 4.78 is 26.2. The van der Waals surface area contributed by atoms with Gasteiger partial charge in [0.25, 0.3) is 16.0 Å². The number of rotatable bonds is 3. The van der Waals surface area contributed by atoms with Gasteiger partial charge < -0.3 is 0 Å². The quantitative estimate of drug-likeness (QED) is 0.884. The van der Waals surface area contributed by atoms with Crippen LogP contribution in [0.4, 0.5) is 5.95 Å². The van der Waals surface area contributed by atoms with E-state index in [9.17, 15) is 8.42 Å². The molecule has 1 aromatic heterocycles. The summed E-state index contributed by atoms with van der Waals surface area (Å²) in [7, 11) is -2.43. The summed E-state index contributed by atoms with van der Waals surface area (Å²) in [6, 6.07) is 5.71. The average Bonchev–Trinajstić information content (AvgIpc) is 2.73. The van der Waals surface area contributed by atoms with Gasteiger partial charge in [0.1, 0.15) is 4.90 Å². The summed E-state index contributed by atoms with van der Waals surface area (Å²) in [5, 5.41) is 19.3. The fourth-order valence-corrected chi connectivity index (χ4v) is 2.77. The topological polar surface area (TPSA) is 114 Å². The Labute approximate surface area is 113 Å². The van der Waals surface area contributed by atoms with Gasteiger partial charge in [0, 0.05) is 0 Å². The maximum absolute atomic E-state index is 12.0. The van der Waals surface area contributed by atoms with Crippen molar-refractivity contribution in [2.75, 3.05) is 4.72 Å². The fourth-order valence-electron chi connectivity index (χ4n) is 1.29. The molecule has 1 N–H and O–H groups in total. The van der Waals surface area contributed by atoms with Crippen LogP contribution in [0.5, 0.6) is 0 Å². The molecule has 0 aliphatic rings. The van der Waals surface area contributed by atoms with E-state index in [1.54, 1.807) is 0 Å². The Bertz CT molecular complexity index is 763. The highest BCUT2D eigenvalue weighted by Gasteiger charge is 2.20. The first-order valence-electron chi connectivity index (χ1n) is 4.89. The molecule has 10 heteroatoms. The van der Waals surface area contributed by atoms with Crippen molar-refractivity contribution >= 4 is 27.6 Å². The number of nitrogens with one attached hydrogen (secondary N) is 1. The Kier molecular flexibility index (Phi) is 3.37. The molecule has 0 amide bonds. The number of aromatic nitrogens is 4. The van der Waals surface area contributed by atoms with Crippen LogP contribution in [0.1, 0.15) is 5.56 Å². The summed E-state index contributed by atoms with van der Waals surface area (Å²) >= 11 is 5.83. The number of nitriles is 1. The van der Waals surface area contributed by atoms with Crippen molar-refractivity contribution < 1.29 is 8.42 Å². The van der Waals surface area contributed by atoms with Crippen molar-refractivity contribution in [2.45, 2.75) is 4.90 Å². The zero-order valence-corrected chi connectivity index (χ0v) is 11.1. The molecule has 0 bridgehead atoms. The molecule has 0 aliphatic carbocycles. The molecule has 2 rings (SSSR count). The minimum Gasteiger partial charge on any atom is -0.244 e. The number of tetrazole rings is 1. The summed E-state index contributed by atoms with van der Waals surface area (Å²) in [6.45, 7) is 0. The largest absolute Gasteiger partial charge is 0.277 e. The molecular formula is C9H7ClN6O2S. The van der Waals surface area contributed by atoms with Crippen molar-refractivity contribution in [3.63, 3.8) is 0 Å². The minimum atomic E-state index is -3.93. The lowest BCUT2D eigenvalue weighted by Crippen LogP contribution is -2.14. The third kappa shape index (κ3) is 2.81. The SMILES string of the molecule is Cn1nnc(NS(=O)(=O)c2ccc(C#N)cc2Cl)n1. The highest BCUT2D eigenvalue weighted by molar-refractivity contribution is 7.92. The van der Waals surface area contributed by atoms with Crippen LogP contribution in [0.15, 0.2) is 23.1 Å². The summed E-state index contributed by atoms with van der Waals surface area (Å²) in [6.07, 6.45) is 0. The number of halogens is 1. The molecule has 8 nitrogen and oxygen atoms in total. The number of aryl methyl sites for hydroxylation is 1. The molecule has 2 aromatic rings. The van der Waals surface area contributed by atoms with E-state index < -0.39 is 10.0 Å². The predicted molar refractivity (Wildman–Crippen MR) is 65.8 cm³/mol. The lowest BCUT2D eigenvalue weighted by Gasteiger charge is -2.06. The van der Waals surface area contributed by atoms with E-state index >= 15 is 0 Å². The van der Waals surface area contributed by atoms with Crippen LogP contribution in [0.25, 0.3) is 0 Å². The summed E-state index contributed by atoms with van der Waals surface area (Å²) in [5.41, 5.74) is 0.265. The van der Waals surface area contributed by atoms with Gasteiger partial charge >= 0.3 is 0 Å². The van der Waals surface area contributed by atoms with Gasteiger partial charge in [0.2, 0.25) is 0 Å². The van der Waals surface area contributed by atoms with E-state index in [1.807, 2.05) is 6.07 Å². The summed E-state index contributed by atoms with van der Waals surface area (Å²) in [5.74, 6) is -0.164. The third-order valence-corrected chi connectivity index (χ3v) is 3.90. The lowest BCUT2D eigenvalue weighted by atomic mass is 10.2. The third-order valence-electron chi connectivity index (χ3n) is 2.08. The van der Waals surface area contributed by atoms with Crippen LogP contribution in [0, 0.1) is 11.3 Å². The Morgan fingerprint density at radius 2 is 2.21 bits per heavy atom. The van der Waals surface area contributed by atoms with Crippen molar-refractivity contribution in [3.8, 4) is 6.07 Å². The van der Waals surface area contributed by atoms with E-state index in [1.165, 1.54) is 25.2 Å². The Morgan fingerprint density at radius 3 is 2.74 bits per heavy atom. The Hall–Kier alpha value is -2.18. The van der Waals surface area contributed by atoms with Crippen LogP contribution in [-0.4, -0.2) is 28.6 Å². The number of nitrogens with zero attached hydrogens (tertiary/aromatic N) is 5. The van der Waals surface area contributed by atoms with E-state index in [2.05, 4.69) is 20.1 Å². The van der Waals surface area contributed by atoms with Crippen LogP contribution in [-0.2, 0) is 17.1 Å². The van der Waals surface area contributed by atoms with Crippen molar-refractivity contribution in [1.29, 1.82) is 5.26 Å². The number of sulfonamides is 1. The van der Waals surface area contributed by atoms with Gasteiger partial charge in [-0.2, -0.15) is 10.1 Å². The van der Waals surface area contributed by atoms with E-state index in [0.717, 1.165) is 4.80 Å². The molecule has 1 aromatic carbocycles. The monoisotopic (exact) mass is 298 g/mol. The second-order valence-electron chi connectivity index (χ2n) is 3.46. The van der Waals surface area contributed by atoms with Gasteiger partial charge in [0.05, 0.1) is 23.7 Å². The molecule has 98 valence electrons. The average molecular weight is 299 g/mol. The predicted octanol–water partition coefficient (Wildman–Crippen LogP) is 0.536. The van der Waals surface area contributed by atoms with Crippen LogP contribution in [0.3, 0.4) is 0 Å². The minimum absolute atomic E-state index is 0.0598. The highest BCUT2D eigenvalue weighted by Crippen LogP contribution is 2.23. The number of benzene rings is 1. The highest BCUT2D eigenvalue weighted by atomic mass is 35.5. The number of hydrogen-bond donors (Lipinski definition) is 1. The summed E-state index contributed by atoms with van der Waals surface area (Å²) in [4.78, 5) is 0.943. The van der Waals surface area contributed by atoms with Gasteiger partial charge in [-0.1, -0.05) is 16.7 Å².